The van der Waals surface area contributed by atoms with Crippen molar-refractivity contribution in [2.24, 2.45) is 5.92 Å². The van der Waals surface area contributed by atoms with Crippen molar-refractivity contribution in [1.29, 1.82) is 0 Å². The zero-order valence-corrected chi connectivity index (χ0v) is 15.5. The summed E-state index contributed by atoms with van der Waals surface area (Å²) in [5, 5.41) is 3.11. The first kappa shape index (κ1) is 18.0. The summed E-state index contributed by atoms with van der Waals surface area (Å²) in [6, 6.07) is 1.29. The van der Waals surface area contributed by atoms with Crippen molar-refractivity contribution in [3.05, 3.63) is 0 Å². The van der Waals surface area contributed by atoms with E-state index in [-0.39, 0.29) is 12.1 Å². The minimum absolute atomic E-state index is 0.0838. The Hall–Kier alpha value is -0.850. The van der Waals surface area contributed by atoms with Crippen LogP contribution in [0.5, 0.6) is 0 Å². The van der Waals surface area contributed by atoms with Gasteiger partial charge in [-0.15, -0.1) is 0 Å². The lowest BCUT2D eigenvalue weighted by Crippen LogP contribution is -2.51. The number of amides is 2. The summed E-state index contributed by atoms with van der Waals surface area (Å²) in [4.78, 5) is 19.5. The molecule has 3 aliphatic heterocycles. The molecule has 6 nitrogen and oxygen atoms in total. The van der Waals surface area contributed by atoms with Gasteiger partial charge in [0.05, 0.1) is 12.7 Å². The van der Waals surface area contributed by atoms with Gasteiger partial charge in [-0.3, -0.25) is 9.80 Å². The number of fused-ring (bicyclic) bond motifs is 2. The van der Waals surface area contributed by atoms with Gasteiger partial charge in [0.25, 0.3) is 0 Å². The largest absolute Gasteiger partial charge is 0.374 e. The second-order valence-electron chi connectivity index (χ2n) is 8.12. The average Bonchev–Trinajstić information content (AvgIpc) is 2.77. The number of nitrogens with zero attached hydrogens (tertiary/aromatic N) is 3. The molecular formula is C18H34N4O2. The Morgan fingerprint density at radius 2 is 1.96 bits per heavy atom. The highest BCUT2D eigenvalue weighted by Crippen LogP contribution is 2.28. The highest BCUT2D eigenvalue weighted by atomic mass is 16.5. The molecule has 0 aromatic heterocycles. The van der Waals surface area contributed by atoms with E-state index in [0.717, 1.165) is 45.8 Å². The first-order valence-electron chi connectivity index (χ1n) is 9.61. The first-order valence-corrected chi connectivity index (χ1v) is 9.61. The molecule has 3 fully saturated rings. The van der Waals surface area contributed by atoms with E-state index in [2.05, 4.69) is 36.0 Å². The molecule has 3 atom stereocenters. The third kappa shape index (κ3) is 4.41. The average molecular weight is 338 g/mol. The topological polar surface area (TPSA) is 48.1 Å². The molecule has 2 amide bonds. The Kier molecular flexibility index (Phi) is 6.00. The summed E-state index contributed by atoms with van der Waals surface area (Å²) in [6.07, 6.45) is 3.73. The van der Waals surface area contributed by atoms with E-state index in [1.165, 1.54) is 12.8 Å². The van der Waals surface area contributed by atoms with Crippen molar-refractivity contribution in [3.63, 3.8) is 0 Å². The Balaban J connectivity index is 1.43. The Labute approximate surface area is 146 Å². The molecule has 24 heavy (non-hydrogen) atoms. The number of hydrogen-bond donors (Lipinski definition) is 1. The second kappa shape index (κ2) is 8.02. The molecule has 0 saturated carbocycles. The fourth-order valence-electron chi connectivity index (χ4n) is 4.39. The van der Waals surface area contributed by atoms with Gasteiger partial charge in [0, 0.05) is 51.4 Å². The molecule has 3 heterocycles. The molecule has 0 aliphatic carbocycles. The number of morpholine rings is 1. The van der Waals surface area contributed by atoms with Crippen molar-refractivity contribution < 1.29 is 9.53 Å². The van der Waals surface area contributed by atoms with E-state index in [9.17, 15) is 4.79 Å². The van der Waals surface area contributed by atoms with Gasteiger partial charge in [-0.1, -0.05) is 13.8 Å². The van der Waals surface area contributed by atoms with Crippen molar-refractivity contribution >= 4 is 6.03 Å². The molecule has 3 aliphatic rings. The van der Waals surface area contributed by atoms with Gasteiger partial charge in [0.15, 0.2) is 0 Å². The monoisotopic (exact) mass is 338 g/mol. The minimum atomic E-state index is 0.0838. The molecule has 0 aromatic rings. The van der Waals surface area contributed by atoms with Crippen LogP contribution in [0.25, 0.3) is 0 Å². The molecule has 0 spiro atoms. The van der Waals surface area contributed by atoms with Crippen molar-refractivity contribution in [2.45, 2.75) is 51.3 Å². The summed E-state index contributed by atoms with van der Waals surface area (Å²) in [5.41, 5.74) is 0. The lowest BCUT2D eigenvalue weighted by atomic mass is 10.1. The van der Waals surface area contributed by atoms with Gasteiger partial charge in [-0.25, -0.2) is 4.79 Å². The zero-order valence-electron chi connectivity index (χ0n) is 15.5. The van der Waals surface area contributed by atoms with E-state index in [1.54, 1.807) is 0 Å². The van der Waals surface area contributed by atoms with Crippen LogP contribution in [0, 0.1) is 5.92 Å². The number of ether oxygens (including phenoxy) is 1. The quantitative estimate of drug-likeness (QED) is 0.837. The van der Waals surface area contributed by atoms with Crippen LogP contribution < -0.4 is 5.32 Å². The number of carbonyl (C=O) groups is 1. The highest BCUT2D eigenvalue weighted by molar-refractivity contribution is 5.74. The van der Waals surface area contributed by atoms with Gasteiger partial charge < -0.3 is 15.0 Å². The smallest absolute Gasteiger partial charge is 0.317 e. The minimum Gasteiger partial charge on any atom is -0.374 e. The van der Waals surface area contributed by atoms with E-state index >= 15 is 0 Å². The lowest BCUT2D eigenvalue weighted by molar-refractivity contribution is -0.0294. The maximum absolute atomic E-state index is 12.6. The van der Waals surface area contributed by atoms with Crippen LogP contribution in [0.4, 0.5) is 4.79 Å². The van der Waals surface area contributed by atoms with Crippen LogP contribution >= 0.6 is 0 Å². The van der Waals surface area contributed by atoms with Crippen molar-refractivity contribution in [1.82, 2.24) is 20.0 Å². The molecule has 1 N–H and O–H groups in total. The van der Waals surface area contributed by atoms with E-state index < -0.39 is 0 Å². The van der Waals surface area contributed by atoms with E-state index in [1.807, 2.05) is 4.90 Å². The molecule has 3 rings (SSSR count). The maximum atomic E-state index is 12.6. The number of likely N-dealkylation sites (tertiary alicyclic amines) is 1. The SMILES string of the molecule is CC(C)CN1CCO[C@@H](CNC(=O)N2CC[C@H]3CC[C@@H](C2)N3C)C1. The van der Waals surface area contributed by atoms with Crippen LogP contribution in [0.3, 0.4) is 0 Å². The van der Waals surface area contributed by atoms with Crippen molar-refractivity contribution in [3.8, 4) is 0 Å². The number of nitrogens with one attached hydrogen (secondary N) is 1. The highest BCUT2D eigenvalue weighted by Gasteiger charge is 2.36. The van der Waals surface area contributed by atoms with Crippen LogP contribution in [0.1, 0.15) is 33.1 Å². The molecule has 0 radical (unpaired) electrons. The van der Waals surface area contributed by atoms with Gasteiger partial charge in [-0.2, -0.15) is 0 Å². The molecular weight excluding hydrogens is 304 g/mol. The molecule has 2 bridgehead atoms. The van der Waals surface area contributed by atoms with Crippen molar-refractivity contribution in [2.75, 3.05) is 52.9 Å². The fourth-order valence-corrected chi connectivity index (χ4v) is 4.39. The van der Waals surface area contributed by atoms with Gasteiger partial charge >= 0.3 is 6.03 Å². The maximum Gasteiger partial charge on any atom is 0.317 e. The number of hydrogen-bond acceptors (Lipinski definition) is 4. The standard InChI is InChI=1S/C18H34N4O2/c1-14(2)11-21-8-9-24-17(13-21)10-19-18(23)22-7-6-15-4-5-16(12-22)20(15)3/h14-17H,4-13H2,1-3H3,(H,19,23)/t15-,16+,17+/m1/s1. The number of urea groups is 1. The first-order chi connectivity index (χ1) is 11.5. The van der Waals surface area contributed by atoms with Gasteiger partial charge in [0.1, 0.15) is 0 Å². The van der Waals surface area contributed by atoms with Crippen LogP contribution in [0.2, 0.25) is 0 Å². The predicted molar refractivity (Wildman–Crippen MR) is 95.2 cm³/mol. The predicted octanol–water partition coefficient (Wildman–Crippen LogP) is 1.22. The number of likely N-dealkylation sites (N-methyl/N-ethyl adjacent to an activating group) is 1. The summed E-state index contributed by atoms with van der Waals surface area (Å²) in [7, 11) is 2.21. The van der Waals surface area contributed by atoms with E-state index in [4.69, 9.17) is 4.74 Å². The summed E-state index contributed by atoms with van der Waals surface area (Å²) >= 11 is 0. The molecule has 3 saturated heterocycles. The van der Waals surface area contributed by atoms with Crippen LogP contribution in [-0.2, 0) is 4.74 Å². The Morgan fingerprint density at radius 3 is 2.75 bits per heavy atom. The number of rotatable bonds is 4. The summed E-state index contributed by atoms with van der Waals surface area (Å²) in [5.74, 6) is 0.669. The Bertz CT molecular complexity index is 431. The zero-order chi connectivity index (χ0) is 17.1. The van der Waals surface area contributed by atoms with Gasteiger partial charge in [0.2, 0.25) is 0 Å². The normalized spacial score (nSPS) is 32.2. The van der Waals surface area contributed by atoms with Crippen LogP contribution in [-0.4, -0.2) is 91.8 Å². The lowest BCUT2D eigenvalue weighted by Gasteiger charge is -2.34. The second-order valence-corrected chi connectivity index (χ2v) is 8.12. The Morgan fingerprint density at radius 1 is 1.17 bits per heavy atom. The third-order valence-electron chi connectivity index (χ3n) is 5.76. The van der Waals surface area contributed by atoms with Gasteiger partial charge in [-0.05, 0) is 32.2 Å². The third-order valence-corrected chi connectivity index (χ3v) is 5.76. The number of carbonyl (C=O) groups excluding carboxylic acids is 1. The fraction of sp³-hybridized carbons (Fsp3) is 0.944. The van der Waals surface area contributed by atoms with Crippen LogP contribution in [0.15, 0.2) is 0 Å². The molecule has 138 valence electrons. The molecule has 0 unspecified atom stereocenters. The molecule has 6 heteroatoms. The summed E-state index contributed by atoms with van der Waals surface area (Å²) < 4.78 is 5.84. The molecule has 0 aromatic carbocycles. The van der Waals surface area contributed by atoms with E-state index in [0.29, 0.717) is 24.5 Å². The summed E-state index contributed by atoms with van der Waals surface area (Å²) in [6.45, 7) is 10.7.